The zero-order valence-corrected chi connectivity index (χ0v) is 12.1. The lowest BCUT2D eigenvalue weighted by Crippen LogP contribution is -2.52. The number of carbonyl (C=O) groups excluding carboxylic acids is 1. The fourth-order valence-electron chi connectivity index (χ4n) is 3.55. The Morgan fingerprint density at radius 1 is 1.26 bits per heavy atom. The Kier molecular flexibility index (Phi) is 5.49. The Labute approximate surface area is 116 Å². The molecule has 3 unspecified atom stereocenters. The number of piperidine rings is 1. The first-order valence-electron chi connectivity index (χ1n) is 7.96. The highest BCUT2D eigenvalue weighted by Gasteiger charge is 2.38. The lowest BCUT2D eigenvalue weighted by Gasteiger charge is -2.40. The number of hydrogen-bond donors (Lipinski definition) is 2. The largest absolute Gasteiger partial charge is 0.393 e. The number of likely N-dealkylation sites (tertiary alicyclic amines) is 1. The average molecular weight is 268 g/mol. The highest BCUT2D eigenvalue weighted by Crippen LogP contribution is 2.35. The lowest BCUT2D eigenvalue weighted by atomic mass is 9.88. The molecular weight excluding hydrogens is 240 g/mol. The molecule has 0 bridgehead atoms. The Morgan fingerprint density at radius 3 is 2.79 bits per heavy atom. The number of carbonyl (C=O) groups is 1. The van der Waals surface area contributed by atoms with Crippen LogP contribution in [0.2, 0.25) is 0 Å². The maximum Gasteiger partial charge on any atom is 0.317 e. The Hall–Kier alpha value is -0.770. The fraction of sp³-hybridized carbons (Fsp3) is 0.933. The van der Waals surface area contributed by atoms with Gasteiger partial charge in [-0.3, -0.25) is 0 Å². The van der Waals surface area contributed by atoms with Crippen molar-refractivity contribution in [3.8, 4) is 0 Å². The molecule has 4 nitrogen and oxygen atoms in total. The average Bonchev–Trinajstić information content (AvgIpc) is 2.85. The van der Waals surface area contributed by atoms with Crippen molar-refractivity contribution in [3.63, 3.8) is 0 Å². The first kappa shape index (κ1) is 14.6. The van der Waals surface area contributed by atoms with Crippen molar-refractivity contribution < 1.29 is 9.90 Å². The van der Waals surface area contributed by atoms with E-state index in [0.29, 0.717) is 5.92 Å². The van der Waals surface area contributed by atoms with Gasteiger partial charge in [0, 0.05) is 25.0 Å². The number of rotatable bonds is 4. The Bertz CT molecular complexity index is 296. The van der Waals surface area contributed by atoms with Crippen LogP contribution in [0.25, 0.3) is 0 Å². The van der Waals surface area contributed by atoms with Crippen LogP contribution in [-0.4, -0.2) is 41.3 Å². The van der Waals surface area contributed by atoms with Crippen molar-refractivity contribution >= 4 is 6.03 Å². The maximum atomic E-state index is 12.3. The summed E-state index contributed by atoms with van der Waals surface area (Å²) in [6, 6.07) is 0.338. The van der Waals surface area contributed by atoms with Crippen molar-refractivity contribution in [1.82, 2.24) is 10.2 Å². The second kappa shape index (κ2) is 7.13. The van der Waals surface area contributed by atoms with Gasteiger partial charge in [-0.15, -0.1) is 0 Å². The summed E-state index contributed by atoms with van der Waals surface area (Å²) in [6.07, 6.45) is 8.37. The minimum atomic E-state index is -0.200. The van der Waals surface area contributed by atoms with Crippen molar-refractivity contribution in [2.24, 2.45) is 5.92 Å². The number of unbranched alkanes of at least 4 members (excludes halogenated alkanes) is 1. The molecule has 1 heterocycles. The van der Waals surface area contributed by atoms with E-state index in [2.05, 4.69) is 12.2 Å². The van der Waals surface area contributed by atoms with Gasteiger partial charge in [0.15, 0.2) is 0 Å². The van der Waals surface area contributed by atoms with Gasteiger partial charge in [0.25, 0.3) is 0 Å². The van der Waals surface area contributed by atoms with Crippen LogP contribution in [-0.2, 0) is 0 Å². The third kappa shape index (κ3) is 3.62. The number of amides is 2. The smallest absolute Gasteiger partial charge is 0.317 e. The van der Waals surface area contributed by atoms with Gasteiger partial charge in [0.2, 0.25) is 0 Å². The summed E-state index contributed by atoms with van der Waals surface area (Å²) in [5.74, 6) is 0.303. The van der Waals surface area contributed by atoms with Crippen LogP contribution in [0.3, 0.4) is 0 Å². The maximum absolute atomic E-state index is 12.3. The molecule has 1 saturated carbocycles. The van der Waals surface area contributed by atoms with Crippen LogP contribution in [0.5, 0.6) is 0 Å². The van der Waals surface area contributed by atoms with Crippen molar-refractivity contribution in [2.75, 3.05) is 13.1 Å². The standard InChI is InChI=1S/C15H28N2O2/c1-2-3-10-16-15(19)17-11-5-4-8-13(17)12-7-6-9-14(12)18/h12-14,18H,2-11H2,1H3,(H,16,19). The highest BCUT2D eigenvalue weighted by molar-refractivity contribution is 5.74. The molecule has 0 spiro atoms. The topological polar surface area (TPSA) is 52.6 Å². The highest BCUT2D eigenvalue weighted by atomic mass is 16.3. The van der Waals surface area contributed by atoms with Gasteiger partial charge >= 0.3 is 6.03 Å². The fourth-order valence-corrected chi connectivity index (χ4v) is 3.55. The zero-order valence-electron chi connectivity index (χ0n) is 12.1. The van der Waals surface area contributed by atoms with Crippen LogP contribution in [0.4, 0.5) is 4.79 Å². The van der Waals surface area contributed by atoms with E-state index >= 15 is 0 Å². The molecule has 19 heavy (non-hydrogen) atoms. The van der Waals surface area contributed by atoms with Gasteiger partial charge < -0.3 is 15.3 Å². The van der Waals surface area contributed by atoms with Gasteiger partial charge in [0.1, 0.15) is 0 Å². The zero-order chi connectivity index (χ0) is 13.7. The summed E-state index contributed by atoms with van der Waals surface area (Å²) in [5, 5.41) is 13.1. The third-order valence-electron chi connectivity index (χ3n) is 4.64. The molecular formula is C15H28N2O2. The number of urea groups is 1. The van der Waals surface area contributed by atoms with E-state index in [0.717, 1.165) is 58.0 Å². The lowest BCUT2D eigenvalue weighted by molar-refractivity contribution is 0.0528. The van der Waals surface area contributed by atoms with E-state index < -0.39 is 0 Å². The normalized spacial score (nSPS) is 31.5. The molecule has 2 aliphatic rings. The molecule has 2 fully saturated rings. The predicted octanol–water partition coefficient (Wildman–Crippen LogP) is 2.51. The van der Waals surface area contributed by atoms with E-state index in [9.17, 15) is 9.90 Å². The summed E-state index contributed by atoms with van der Waals surface area (Å²) < 4.78 is 0. The molecule has 1 saturated heterocycles. The molecule has 2 rings (SSSR count). The summed E-state index contributed by atoms with van der Waals surface area (Å²) in [6.45, 7) is 3.75. The monoisotopic (exact) mass is 268 g/mol. The molecule has 3 atom stereocenters. The van der Waals surface area contributed by atoms with E-state index in [1.54, 1.807) is 0 Å². The van der Waals surface area contributed by atoms with Crippen LogP contribution in [0, 0.1) is 5.92 Å². The molecule has 1 aliphatic carbocycles. The Morgan fingerprint density at radius 2 is 2.11 bits per heavy atom. The number of nitrogens with zero attached hydrogens (tertiary/aromatic N) is 1. The minimum absolute atomic E-state index is 0.0808. The molecule has 4 heteroatoms. The van der Waals surface area contributed by atoms with Gasteiger partial charge in [-0.1, -0.05) is 19.8 Å². The van der Waals surface area contributed by atoms with E-state index in [4.69, 9.17) is 0 Å². The van der Waals surface area contributed by atoms with Gasteiger partial charge in [0.05, 0.1) is 6.10 Å². The van der Waals surface area contributed by atoms with Crippen LogP contribution < -0.4 is 5.32 Å². The number of aliphatic hydroxyl groups is 1. The molecule has 0 radical (unpaired) electrons. The first-order valence-corrected chi connectivity index (χ1v) is 7.96. The van der Waals surface area contributed by atoms with Crippen molar-refractivity contribution in [2.45, 2.75) is 70.4 Å². The number of aliphatic hydroxyl groups excluding tert-OH is 1. The van der Waals surface area contributed by atoms with Crippen molar-refractivity contribution in [3.05, 3.63) is 0 Å². The molecule has 110 valence electrons. The van der Waals surface area contributed by atoms with E-state index in [1.165, 1.54) is 6.42 Å². The van der Waals surface area contributed by atoms with Crippen molar-refractivity contribution in [1.29, 1.82) is 0 Å². The molecule has 0 aromatic carbocycles. The molecule has 1 aliphatic heterocycles. The van der Waals surface area contributed by atoms with Gasteiger partial charge in [-0.25, -0.2) is 4.79 Å². The third-order valence-corrected chi connectivity index (χ3v) is 4.64. The summed E-state index contributed by atoms with van der Waals surface area (Å²) >= 11 is 0. The second-order valence-corrected chi connectivity index (χ2v) is 6.00. The summed E-state index contributed by atoms with van der Waals surface area (Å²) in [5.41, 5.74) is 0. The predicted molar refractivity (Wildman–Crippen MR) is 76.0 cm³/mol. The molecule has 2 amide bonds. The van der Waals surface area contributed by atoms with Crippen LogP contribution in [0.1, 0.15) is 58.3 Å². The van der Waals surface area contributed by atoms with Crippen LogP contribution in [0.15, 0.2) is 0 Å². The van der Waals surface area contributed by atoms with Gasteiger partial charge in [-0.05, 0) is 38.5 Å². The summed E-state index contributed by atoms with van der Waals surface area (Å²) in [7, 11) is 0. The number of nitrogens with one attached hydrogen (secondary N) is 1. The Balaban J connectivity index is 1.93. The molecule has 2 N–H and O–H groups in total. The van der Waals surface area contributed by atoms with E-state index in [1.807, 2.05) is 4.90 Å². The van der Waals surface area contributed by atoms with E-state index in [-0.39, 0.29) is 18.2 Å². The van der Waals surface area contributed by atoms with Crippen LogP contribution >= 0.6 is 0 Å². The van der Waals surface area contributed by atoms with Gasteiger partial charge in [-0.2, -0.15) is 0 Å². The number of hydrogen-bond acceptors (Lipinski definition) is 2. The minimum Gasteiger partial charge on any atom is -0.393 e. The second-order valence-electron chi connectivity index (χ2n) is 6.00. The molecule has 0 aromatic rings. The summed E-state index contributed by atoms with van der Waals surface area (Å²) in [4.78, 5) is 14.3. The molecule has 0 aromatic heterocycles. The quantitative estimate of drug-likeness (QED) is 0.770. The SMILES string of the molecule is CCCCNC(=O)N1CCCCC1C1CCCC1O. The first-order chi connectivity index (χ1) is 9.24.